The number of thioether (sulfide) groups is 1. The van der Waals surface area contributed by atoms with Gasteiger partial charge in [0.1, 0.15) is 0 Å². The van der Waals surface area contributed by atoms with Crippen LogP contribution in [0.3, 0.4) is 0 Å². The summed E-state index contributed by atoms with van der Waals surface area (Å²) in [6.45, 7) is 9.30. The normalized spacial score (nSPS) is 18.0. The number of rotatable bonds is 10. The molecule has 0 aliphatic heterocycles. The average Bonchev–Trinajstić information content (AvgIpc) is 2.50. The Bertz CT molecular complexity index is 453. The average molecular weight is 336 g/mol. The molecule has 0 bridgehead atoms. The standard InChI is InChI=1S/C20H33NOS/c1-5-22-14-13-21-19(15-16(2)3)20(11-6-12-20)17-7-9-18(23-4)10-8-17/h7-10,16,19,21H,5-6,11-15H2,1-4H3. The number of nitrogens with one attached hydrogen (secondary N) is 1. The van der Waals surface area contributed by atoms with Crippen molar-refractivity contribution >= 4 is 11.8 Å². The molecule has 0 heterocycles. The fourth-order valence-electron chi connectivity index (χ4n) is 3.74. The van der Waals surface area contributed by atoms with E-state index in [9.17, 15) is 0 Å². The largest absolute Gasteiger partial charge is 0.380 e. The van der Waals surface area contributed by atoms with E-state index in [1.165, 1.54) is 36.1 Å². The highest BCUT2D eigenvalue weighted by molar-refractivity contribution is 7.98. The fraction of sp³-hybridized carbons (Fsp3) is 0.700. The molecule has 2 rings (SSSR count). The molecule has 2 nitrogen and oxygen atoms in total. The first-order chi connectivity index (χ1) is 11.1. The van der Waals surface area contributed by atoms with Crippen LogP contribution in [0.15, 0.2) is 29.2 Å². The molecular weight excluding hydrogens is 302 g/mol. The van der Waals surface area contributed by atoms with Crippen LogP contribution in [0.5, 0.6) is 0 Å². The highest BCUT2D eigenvalue weighted by Crippen LogP contribution is 2.48. The second-order valence-corrected chi connectivity index (χ2v) is 7.95. The molecule has 1 N–H and O–H groups in total. The molecule has 0 amide bonds. The molecule has 1 aromatic carbocycles. The molecule has 23 heavy (non-hydrogen) atoms. The van der Waals surface area contributed by atoms with Gasteiger partial charge in [-0.1, -0.05) is 32.4 Å². The van der Waals surface area contributed by atoms with E-state index in [0.717, 1.165) is 19.8 Å². The van der Waals surface area contributed by atoms with Crippen LogP contribution in [0, 0.1) is 5.92 Å². The maximum Gasteiger partial charge on any atom is 0.0590 e. The van der Waals surface area contributed by atoms with Crippen LogP contribution in [-0.4, -0.2) is 32.1 Å². The number of ether oxygens (including phenoxy) is 1. The van der Waals surface area contributed by atoms with E-state index in [-0.39, 0.29) is 0 Å². The van der Waals surface area contributed by atoms with Crippen molar-refractivity contribution in [2.45, 2.75) is 62.8 Å². The molecule has 130 valence electrons. The summed E-state index contributed by atoms with van der Waals surface area (Å²) in [6, 6.07) is 9.85. The van der Waals surface area contributed by atoms with Gasteiger partial charge in [-0.15, -0.1) is 11.8 Å². The maximum atomic E-state index is 5.52. The number of hydrogen-bond acceptors (Lipinski definition) is 3. The van der Waals surface area contributed by atoms with E-state index in [4.69, 9.17) is 4.74 Å². The second-order valence-electron chi connectivity index (χ2n) is 7.07. The van der Waals surface area contributed by atoms with E-state index >= 15 is 0 Å². The summed E-state index contributed by atoms with van der Waals surface area (Å²) in [7, 11) is 0. The summed E-state index contributed by atoms with van der Waals surface area (Å²) in [6.07, 6.45) is 7.35. The zero-order valence-corrected chi connectivity index (χ0v) is 16.0. The van der Waals surface area contributed by atoms with Crippen molar-refractivity contribution in [1.29, 1.82) is 0 Å². The van der Waals surface area contributed by atoms with Crippen LogP contribution in [0.25, 0.3) is 0 Å². The SMILES string of the molecule is CCOCCNC(CC(C)C)C1(c2ccc(SC)cc2)CCC1. The van der Waals surface area contributed by atoms with Crippen molar-refractivity contribution in [3.63, 3.8) is 0 Å². The van der Waals surface area contributed by atoms with Gasteiger partial charge >= 0.3 is 0 Å². The highest BCUT2D eigenvalue weighted by Gasteiger charge is 2.45. The lowest BCUT2D eigenvalue weighted by atomic mass is 9.59. The molecular formula is C20H33NOS. The van der Waals surface area contributed by atoms with Gasteiger partial charge in [0.25, 0.3) is 0 Å². The molecule has 1 aliphatic carbocycles. The number of hydrogen-bond donors (Lipinski definition) is 1. The fourth-order valence-corrected chi connectivity index (χ4v) is 4.15. The monoisotopic (exact) mass is 335 g/mol. The smallest absolute Gasteiger partial charge is 0.0590 e. The molecule has 3 heteroatoms. The quantitative estimate of drug-likeness (QED) is 0.487. The minimum atomic E-state index is 0.327. The summed E-state index contributed by atoms with van der Waals surface area (Å²) in [5, 5.41) is 3.83. The molecule has 1 fully saturated rings. The minimum absolute atomic E-state index is 0.327. The van der Waals surface area contributed by atoms with Gasteiger partial charge in [0.05, 0.1) is 6.61 Å². The third-order valence-electron chi connectivity index (χ3n) is 5.13. The Hall–Kier alpha value is -0.510. The lowest BCUT2D eigenvalue weighted by Gasteiger charge is -2.49. The predicted molar refractivity (Wildman–Crippen MR) is 101 cm³/mol. The Morgan fingerprint density at radius 1 is 1.22 bits per heavy atom. The summed E-state index contributed by atoms with van der Waals surface area (Å²) >= 11 is 1.82. The van der Waals surface area contributed by atoms with Crippen LogP contribution < -0.4 is 5.32 Å². The molecule has 1 aromatic rings. The van der Waals surface area contributed by atoms with Crippen molar-refractivity contribution in [3.05, 3.63) is 29.8 Å². The third-order valence-corrected chi connectivity index (χ3v) is 5.87. The molecule has 0 spiro atoms. The highest BCUT2D eigenvalue weighted by atomic mass is 32.2. The summed E-state index contributed by atoms with van der Waals surface area (Å²) in [5.41, 5.74) is 1.85. The van der Waals surface area contributed by atoms with E-state index in [0.29, 0.717) is 17.4 Å². The van der Waals surface area contributed by atoms with E-state index in [1.54, 1.807) is 0 Å². The van der Waals surface area contributed by atoms with Crippen molar-refractivity contribution in [2.75, 3.05) is 26.0 Å². The lowest BCUT2D eigenvalue weighted by Crippen LogP contribution is -2.54. The molecule has 0 saturated heterocycles. The molecule has 1 unspecified atom stereocenters. The molecule has 1 saturated carbocycles. The maximum absolute atomic E-state index is 5.52. The summed E-state index contributed by atoms with van der Waals surface area (Å²) in [5.74, 6) is 0.711. The molecule has 0 radical (unpaired) electrons. The molecule has 1 atom stereocenters. The third kappa shape index (κ3) is 4.74. The Morgan fingerprint density at radius 2 is 1.91 bits per heavy atom. The Morgan fingerprint density at radius 3 is 2.39 bits per heavy atom. The van der Waals surface area contributed by atoms with E-state index in [1.807, 2.05) is 11.8 Å². The van der Waals surface area contributed by atoms with Crippen molar-refractivity contribution in [3.8, 4) is 0 Å². The van der Waals surface area contributed by atoms with Crippen LogP contribution >= 0.6 is 11.8 Å². The Labute approximate surface area is 146 Å². The topological polar surface area (TPSA) is 21.3 Å². The minimum Gasteiger partial charge on any atom is -0.380 e. The zero-order valence-electron chi connectivity index (χ0n) is 15.2. The zero-order chi connectivity index (χ0) is 16.7. The first-order valence-corrected chi connectivity index (χ1v) is 10.3. The van der Waals surface area contributed by atoms with Gasteiger partial charge in [-0.2, -0.15) is 0 Å². The van der Waals surface area contributed by atoms with Gasteiger partial charge in [0.15, 0.2) is 0 Å². The lowest BCUT2D eigenvalue weighted by molar-refractivity contribution is 0.119. The van der Waals surface area contributed by atoms with Crippen LogP contribution in [0.4, 0.5) is 0 Å². The summed E-state index contributed by atoms with van der Waals surface area (Å²) in [4.78, 5) is 1.35. The van der Waals surface area contributed by atoms with Crippen molar-refractivity contribution in [1.82, 2.24) is 5.32 Å². The van der Waals surface area contributed by atoms with Gasteiger partial charge in [0, 0.05) is 29.5 Å². The number of benzene rings is 1. The molecule has 0 aromatic heterocycles. The first kappa shape index (κ1) is 18.8. The Balaban J connectivity index is 2.13. The van der Waals surface area contributed by atoms with Gasteiger partial charge in [-0.05, 0) is 56.1 Å². The molecule has 1 aliphatic rings. The van der Waals surface area contributed by atoms with Gasteiger partial charge in [-0.3, -0.25) is 0 Å². The van der Waals surface area contributed by atoms with Gasteiger partial charge < -0.3 is 10.1 Å². The van der Waals surface area contributed by atoms with Gasteiger partial charge in [-0.25, -0.2) is 0 Å². The van der Waals surface area contributed by atoms with Crippen LogP contribution in [0.2, 0.25) is 0 Å². The van der Waals surface area contributed by atoms with E-state index in [2.05, 4.69) is 56.6 Å². The second kappa shape index (κ2) is 9.10. The predicted octanol–water partition coefficient (Wildman–Crippen LogP) is 4.87. The van der Waals surface area contributed by atoms with Gasteiger partial charge in [0.2, 0.25) is 0 Å². The van der Waals surface area contributed by atoms with Crippen LogP contribution in [-0.2, 0) is 10.2 Å². The van der Waals surface area contributed by atoms with E-state index < -0.39 is 0 Å². The first-order valence-electron chi connectivity index (χ1n) is 9.08. The van der Waals surface area contributed by atoms with Crippen molar-refractivity contribution < 1.29 is 4.74 Å². The van der Waals surface area contributed by atoms with Crippen LogP contribution in [0.1, 0.15) is 52.0 Å². The summed E-state index contributed by atoms with van der Waals surface area (Å²) < 4.78 is 5.52. The van der Waals surface area contributed by atoms with Crippen molar-refractivity contribution in [2.24, 2.45) is 5.92 Å². The Kier molecular flexibility index (Phi) is 7.45.